The van der Waals surface area contributed by atoms with Gasteiger partial charge in [0.25, 0.3) is 0 Å². The fourth-order valence-electron chi connectivity index (χ4n) is 10.2. The van der Waals surface area contributed by atoms with Gasteiger partial charge in [0, 0.05) is 35.3 Å². The molecular weight excluding hydrogens is 841 g/mol. The van der Waals surface area contributed by atoms with Gasteiger partial charge in [0.1, 0.15) is 17.5 Å². The molecule has 10 rings (SSSR count). The summed E-state index contributed by atoms with van der Waals surface area (Å²) in [5.41, 5.74) is 21.6. The van der Waals surface area contributed by atoms with Crippen molar-refractivity contribution in [1.82, 2.24) is 28.7 Å². The predicted molar refractivity (Wildman–Crippen MR) is 284 cm³/mol. The van der Waals surface area contributed by atoms with Crippen LogP contribution >= 0.6 is 0 Å². The SMILES string of the molecule is Cc1cccc(C)c1-n1cc(CCc2cc(CCc3cn(-c4c(C)cccc4C)c(-c4ccccc4)n3)cc(CCc3cn(-c4c(C)cccc4C)c(-c4ccccc4)n3)c2)nc1-c1ccccc1. The van der Waals surface area contributed by atoms with Crippen molar-refractivity contribution in [1.29, 1.82) is 0 Å². The third-order valence-corrected chi connectivity index (χ3v) is 13.5. The summed E-state index contributed by atoms with van der Waals surface area (Å²) < 4.78 is 6.92. The summed E-state index contributed by atoms with van der Waals surface area (Å²) in [4.78, 5) is 16.0. The summed E-state index contributed by atoms with van der Waals surface area (Å²) in [6.45, 7) is 13.1. The maximum Gasteiger partial charge on any atom is 0.144 e. The zero-order valence-corrected chi connectivity index (χ0v) is 40.7. The smallest absolute Gasteiger partial charge is 0.144 e. The van der Waals surface area contributed by atoms with Crippen LogP contribution in [0.25, 0.3) is 51.2 Å². The molecule has 0 amide bonds. The van der Waals surface area contributed by atoms with E-state index in [-0.39, 0.29) is 0 Å². The minimum atomic E-state index is 0.821. The average molecular weight is 901 g/mol. The molecule has 3 aromatic heterocycles. The van der Waals surface area contributed by atoms with Crippen LogP contribution < -0.4 is 0 Å². The summed E-state index contributed by atoms with van der Waals surface area (Å²) in [5, 5.41) is 0. The van der Waals surface area contributed by atoms with Crippen LogP contribution in [0.4, 0.5) is 0 Å². The highest BCUT2D eigenvalue weighted by Gasteiger charge is 2.19. The van der Waals surface area contributed by atoms with Gasteiger partial charge >= 0.3 is 0 Å². The topological polar surface area (TPSA) is 53.5 Å². The molecule has 0 bridgehead atoms. The molecule has 0 aliphatic carbocycles. The van der Waals surface area contributed by atoms with Gasteiger partial charge < -0.3 is 0 Å². The Labute approximate surface area is 407 Å². The van der Waals surface area contributed by atoms with E-state index in [1.807, 2.05) is 0 Å². The Kier molecular flexibility index (Phi) is 12.9. The summed E-state index contributed by atoms with van der Waals surface area (Å²) in [6, 6.07) is 58.6. The van der Waals surface area contributed by atoms with Crippen LogP contribution in [0.2, 0.25) is 0 Å². The first-order valence-corrected chi connectivity index (χ1v) is 24.4. The Morgan fingerprint density at radius 1 is 0.290 bits per heavy atom. The lowest BCUT2D eigenvalue weighted by Gasteiger charge is -2.13. The van der Waals surface area contributed by atoms with Crippen LogP contribution in [0, 0.1) is 41.5 Å². The van der Waals surface area contributed by atoms with Gasteiger partial charge in [-0.3, -0.25) is 13.7 Å². The van der Waals surface area contributed by atoms with Crippen LogP contribution in [0.5, 0.6) is 0 Å². The van der Waals surface area contributed by atoms with E-state index in [0.717, 1.165) is 89.8 Å². The minimum absolute atomic E-state index is 0.821. The normalized spacial score (nSPS) is 11.4. The van der Waals surface area contributed by atoms with Gasteiger partial charge in [-0.1, -0.05) is 164 Å². The molecule has 0 spiro atoms. The van der Waals surface area contributed by atoms with E-state index in [1.54, 1.807) is 0 Å². The van der Waals surface area contributed by atoms with Crippen molar-refractivity contribution in [2.75, 3.05) is 0 Å². The number of para-hydroxylation sites is 3. The third kappa shape index (κ3) is 9.66. The number of aromatic nitrogens is 6. The van der Waals surface area contributed by atoms with Crippen molar-refractivity contribution in [3.05, 3.63) is 250 Å². The Bertz CT molecular complexity index is 2960. The number of aryl methyl sites for hydroxylation is 12. The predicted octanol–water partition coefficient (Wildman–Crippen LogP) is 14.5. The second-order valence-corrected chi connectivity index (χ2v) is 18.8. The van der Waals surface area contributed by atoms with E-state index in [9.17, 15) is 0 Å². The maximum atomic E-state index is 5.34. The Hall–Kier alpha value is -7.83. The zero-order valence-electron chi connectivity index (χ0n) is 40.7. The maximum absolute atomic E-state index is 5.34. The molecule has 0 radical (unpaired) electrons. The Balaban J connectivity index is 0.987. The third-order valence-electron chi connectivity index (χ3n) is 13.5. The summed E-state index contributed by atoms with van der Waals surface area (Å²) in [7, 11) is 0. The number of imidazole rings is 3. The minimum Gasteiger partial charge on any atom is -0.299 e. The fraction of sp³-hybridized carbons (Fsp3) is 0.190. The number of hydrogen-bond acceptors (Lipinski definition) is 3. The summed E-state index contributed by atoms with van der Waals surface area (Å²) in [6.07, 6.45) is 11.9. The van der Waals surface area contributed by atoms with E-state index in [1.165, 1.54) is 67.1 Å². The molecule has 0 aliphatic heterocycles. The molecule has 0 fully saturated rings. The molecule has 10 aromatic rings. The first-order chi connectivity index (χ1) is 33.7. The molecule has 0 saturated carbocycles. The Morgan fingerprint density at radius 3 is 0.783 bits per heavy atom. The standard InChI is InChI=1S/C63H60N6/c1-43-19-16-20-44(2)58(43)67-40-55(64-61(67)52-25-10-7-11-26-52)34-31-49-37-50(32-35-56-41-68(59-45(3)21-17-22-46(59)4)62(65-56)53-27-12-8-13-28-53)39-51(38-49)33-36-57-42-69(60-47(5)23-18-24-48(60)6)63(66-57)54-29-14-9-15-30-54/h7-30,37-42H,31-36H2,1-6H3. The monoisotopic (exact) mass is 900 g/mol. The average Bonchev–Trinajstić information content (AvgIpc) is 4.11. The van der Waals surface area contributed by atoms with Crippen molar-refractivity contribution >= 4 is 0 Å². The van der Waals surface area contributed by atoms with E-state index >= 15 is 0 Å². The van der Waals surface area contributed by atoms with Gasteiger partial charge in [0.2, 0.25) is 0 Å². The molecule has 6 nitrogen and oxygen atoms in total. The van der Waals surface area contributed by atoms with Gasteiger partial charge in [-0.05, 0) is 130 Å². The van der Waals surface area contributed by atoms with Gasteiger partial charge in [0.15, 0.2) is 0 Å². The van der Waals surface area contributed by atoms with Crippen LogP contribution in [0.1, 0.15) is 67.2 Å². The molecule has 3 heterocycles. The van der Waals surface area contributed by atoms with Crippen LogP contribution in [0.3, 0.4) is 0 Å². The molecule has 0 saturated heterocycles. The first kappa shape index (κ1) is 45.0. The molecule has 0 aliphatic rings. The van der Waals surface area contributed by atoms with Crippen LogP contribution in [0.15, 0.2) is 182 Å². The van der Waals surface area contributed by atoms with Crippen molar-refractivity contribution in [2.45, 2.75) is 80.1 Å². The van der Waals surface area contributed by atoms with E-state index < -0.39 is 0 Å². The number of rotatable bonds is 15. The molecule has 342 valence electrons. The largest absolute Gasteiger partial charge is 0.299 e. The molecule has 0 unspecified atom stereocenters. The molecule has 69 heavy (non-hydrogen) atoms. The van der Waals surface area contributed by atoms with Crippen molar-refractivity contribution < 1.29 is 0 Å². The van der Waals surface area contributed by atoms with E-state index in [2.05, 4.69) is 238 Å². The lowest BCUT2D eigenvalue weighted by molar-refractivity contribution is 0.877. The van der Waals surface area contributed by atoms with Crippen LogP contribution in [-0.4, -0.2) is 28.7 Å². The Morgan fingerprint density at radius 2 is 0.536 bits per heavy atom. The highest BCUT2D eigenvalue weighted by atomic mass is 15.1. The molecular formula is C63H60N6. The number of benzene rings is 7. The van der Waals surface area contributed by atoms with Crippen molar-refractivity contribution in [3.63, 3.8) is 0 Å². The second kappa shape index (κ2) is 19.8. The molecule has 6 heteroatoms. The van der Waals surface area contributed by atoms with Gasteiger partial charge in [-0.15, -0.1) is 0 Å². The highest BCUT2D eigenvalue weighted by molar-refractivity contribution is 5.64. The van der Waals surface area contributed by atoms with Crippen molar-refractivity contribution in [3.8, 4) is 51.2 Å². The molecule has 0 N–H and O–H groups in total. The van der Waals surface area contributed by atoms with Gasteiger partial charge in [0.05, 0.1) is 34.1 Å². The van der Waals surface area contributed by atoms with Gasteiger partial charge in [-0.25, -0.2) is 15.0 Å². The summed E-state index contributed by atoms with van der Waals surface area (Å²) in [5.74, 6) is 2.92. The molecule has 0 atom stereocenters. The number of hydrogen-bond donors (Lipinski definition) is 0. The van der Waals surface area contributed by atoms with E-state index in [0.29, 0.717) is 0 Å². The zero-order chi connectivity index (χ0) is 47.4. The van der Waals surface area contributed by atoms with Gasteiger partial charge in [-0.2, -0.15) is 0 Å². The van der Waals surface area contributed by atoms with Crippen LogP contribution in [-0.2, 0) is 38.5 Å². The lowest BCUT2D eigenvalue weighted by atomic mass is 9.96. The van der Waals surface area contributed by atoms with E-state index in [4.69, 9.17) is 15.0 Å². The van der Waals surface area contributed by atoms with Crippen molar-refractivity contribution in [2.24, 2.45) is 0 Å². The first-order valence-electron chi connectivity index (χ1n) is 24.4. The fourth-order valence-corrected chi connectivity index (χ4v) is 10.2. The highest BCUT2D eigenvalue weighted by Crippen LogP contribution is 2.32. The lowest BCUT2D eigenvalue weighted by Crippen LogP contribution is -2.01. The quantitative estimate of drug-likeness (QED) is 0.103. The number of nitrogens with zero attached hydrogens (tertiary/aromatic N) is 6. The molecule has 7 aromatic carbocycles. The second-order valence-electron chi connectivity index (χ2n) is 18.8. The summed E-state index contributed by atoms with van der Waals surface area (Å²) >= 11 is 0.